The zero-order valence-electron chi connectivity index (χ0n) is 12.9. The third-order valence-corrected chi connectivity index (χ3v) is 4.28. The van der Waals surface area contributed by atoms with Gasteiger partial charge in [-0.1, -0.05) is 0 Å². The average molecular weight is 282 g/mol. The number of ether oxygens (including phenoxy) is 3. The van der Waals surface area contributed by atoms with Crippen LogP contribution in [-0.2, 0) is 14.2 Å². The Kier molecular flexibility index (Phi) is 4.52. The third kappa shape index (κ3) is 3.22. The zero-order valence-corrected chi connectivity index (χ0v) is 12.9. The highest BCUT2D eigenvalue weighted by atomic mass is 16.7. The lowest BCUT2D eigenvalue weighted by Gasteiger charge is -2.30. The van der Waals surface area contributed by atoms with Crippen molar-refractivity contribution in [3.05, 3.63) is 11.8 Å². The lowest BCUT2D eigenvalue weighted by Crippen LogP contribution is -2.41. The van der Waals surface area contributed by atoms with Crippen molar-refractivity contribution in [1.82, 2.24) is 5.32 Å². The fraction of sp³-hybridized carbons (Fsp3) is 0.800. The molecular formula is C15H26N2O3. The van der Waals surface area contributed by atoms with E-state index < -0.39 is 6.29 Å². The minimum Gasteiger partial charge on any atom is -0.359 e. The molecule has 2 fully saturated rings. The molecule has 2 saturated heterocycles. The van der Waals surface area contributed by atoms with Gasteiger partial charge in [-0.15, -0.1) is 0 Å². The Bertz CT molecular complexity index is 369. The van der Waals surface area contributed by atoms with Gasteiger partial charge < -0.3 is 24.9 Å². The molecule has 1 atom stereocenters. The van der Waals surface area contributed by atoms with E-state index in [9.17, 15) is 0 Å². The molecule has 0 spiro atoms. The first-order valence-electron chi connectivity index (χ1n) is 7.30. The first kappa shape index (κ1) is 15.5. The van der Waals surface area contributed by atoms with E-state index in [1.54, 1.807) is 6.08 Å². The molecule has 0 amide bonds. The van der Waals surface area contributed by atoms with Crippen LogP contribution in [0.4, 0.5) is 0 Å². The van der Waals surface area contributed by atoms with Crippen molar-refractivity contribution in [3.8, 4) is 0 Å². The topological polar surface area (TPSA) is 63.6 Å². The van der Waals surface area contributed by atoms with Gasteiger partial charge in [0.05, 0.1) is 16.9 Å². The summed E-state index contributed by atoms with van der Waals surface area (Å²) in [5.41, 5.74) is -0.00699. The maximum atomic E-state index is 7.32. The molecule has 2 N–H and O–H groups in total. The molecule has 5 heteroatoms. The van der Waals surface area contributed by atoms with Gasteiger partial charge in [0, 0.05) is 12.8 Å². The second-order valence-electron chi connectivity index (χ2n) is 6.38. The van der Waals surface area contributed by atoms with Crippen LogP contribution in [0.25, 0.3) is 0 Å². The molecule has 2 aliphatic heterocycles. The molecule has 20 heavy (non-hydrogen) atoms. The molecule has 0 saturated carbocycles. The molecule has 0 aromatic heterocycles. The maximum absolute atomic E-state index is 7.32. The van der Waals surface area contributed by atoms with Crippen LogP contribution < -0.4 is 5.32 Å². The Morgan fingerprint density at radius 3 is 2.30 bits per heavy atom. The van der Waals surface area contributed by atoms with Crippen molar-refractivity contribution in [2.24, 2.45) is 0 Å². The van der Waals surface area contributed by atoms with Gasteiger partial charge in [0.25, 0.3) is 0 Å². The summed E-state index contributed by atoms with van der Waals surface area (Å²) in [6.45, 7) is 8.86. The molecule has 2 rings (SSSR count). The Balaban J connectivity index is 2.06. The number of rotatable bonds is 4. The van der Waals surface area contributed by atoms with Gasteiger partial charge in [-0.3, -0.25) is 0 Å². The summed E-state index contributed by atoms with van der Waals surface area (Å²) in [7, 11) is 0. The van der Waals surface area contributed by atoms with E-state index in [0.717, 1.165) is 31.6 Å². The van der Waals surface area contributed by atoms with Gasteiger partial charge in [0.1, 0.15) is 6.23 Å². The maximum Gasteiger partial charge on any atom is 0.200 e. The highest BCUT2D eigenvalue weighted by Gasteiger charge is 2.50. The van der Waals surface area contributed by atoms with Crippen LogP contribution in [0.3, 0.4) is 0 Å². The highest BCUT2D eigenvalue weighted by molar-refractivity contribution is 5.69. The Labute approximate surface area is 121 Å². The molecule has 2 aliphatic rings. The third-order valence-electron chi connectivity index (χ3n) is 4.28. The standard InChI is InChI=1S/C15H26N2O3/c1-14(2)15(3,4)20-13(19-14)11(8-9-16)17-12-7-5-6-10-18-12/h8-9,12-13,16-17H,5-7,10H2,1-4H3/b11-8-,16-9?. The molecular weight excluding hydrogens is 256 g/mol. The van der Waals surface area contributed by atoms with Crippen LogP contribution in [0, 0.1) is 5.41 Å². The van der Waals surface area contributed by atoms with E-state index in [2.05, 4.69) is 5.32 Å². The van der Waals surface area contributed by atoms with E-state index >= 15 is 0 Å². The summed E-state index contributed by atoms with van der Waals surface area (Å²) in [6.07, 6.45) is 5.66. The molecule has 5 nitrogen and oxygen atoms in total. The Hall–Kier alpha value is -0.910. The first-order chi connectivity index (χ1) is 9.36. The molecule has 0 bridgehead atoms. The van der Waals surface area contributed by atoms with E-state index in [1.807, 2.05) is 27.7 Å². The van der Waals surface area contributed by atoms with Crippen molar-refractivity contribution in [2.75, 3.05) is 6.61 Å². The second kappa shape index (κ2) is 5.84. The van der Waals surface area contributed by atoms with Gasteiger partial charge >= 0.3 is 0 Å². The molecule has 1 unspecified atom stereocenters. The fourth-order valence-electron chi connectivity index (χ4n) is 2.29. The van der Waals surface area contributed by atoms with Crippen LogP contribution in [0.5, 0.6) is 0 Å². The van der Waals surface area contributed by atoms with Crippen LogP contribution in [0.15, 0.2) is 11.8 Å². The van der Waals surface area contributed by atoms with Crippen molar-refractivity contribution in [1.29, 1.82) is 5.41 Å². The Morgan fingerprint density at radius 2 is 1.80 bits per heavy atom. The molecule has 2 heterocycles. The van der Waals surface area contributed by atoms with Gasteiger partial charge in [-0.25, -0.2) is 0 Å². The summed E-state index contributed by atoms with van der Waals surface area (Å²) in [4.78, 5) is 0. The number of hydrogen-bond acceptors (Lipinski definition) is 5. The summed E-state index contributed by atoms with van der Waals surface area (Å²) in [6, 6.07) is 0. The second-order valence-corrected chi connectivity index (χ2v) is 6.38. The van der Waals surface area contributed by atoms with E-state index in [0.29, 0.717) is 0 Å². The number of nitrogens with one attached hydrogen (secondary N) is 2. The van der Waals surface area contributed by atoms with Crippen LogP contribution in [0.2, 0.25) is 0 Å². The monoisotopic (exact) mass is 282 g/mol. The average Bonchev–Trinajstić information content (AvgIpc) is 2.59. The van der Waals surface area contributed by atoms with E-state index in [-0.39, 0.29) is 17.4 Å². The van der Waals surface area contributed by atoms with Gasteiger partial charge in [-0.2, -0.15) is 0 Å². The summed E-state index contributed by atoms with van der Waals surface area (Å²) in [5.74, 6) is 0. The quantitative estimate of drug-likeness (QED) is 0.778. The predicted octanol–water partition coefficient (Wildman–Crippen LogP) is 2.57. The van der Waals surface area contributed by atoms with Crippen molar-refractivity contribution in [2.45, 2.75) is 70.7 Å². The molecule has 0 aliphatic carbocycles. The minimum absolute atomic E-state index is 0.0195. The predicted molar refractivity (Wildman–Crippen MR) is 77.7 cm³/mol. The SMILES string of the molecule is CC1(C)OC(/C(=C/C=N)NC2CCCCO2)OC1(C)C. The van der Waals surface area contributed by atoms with E-state index in [4.69, 9.17) is 19.6 Å². The number of hydrogen-bond donors (Lipinski definition) is 2. The Morgan fingerprint density at radius 1 is 1.15 bits per heavy atom. The number of allylic oxidation sites excluding steroid dienone is 1. The lowest BCUT2D eigenvalue weighted by atomic mass is 9.90. The van der Waals surface area contributed by atoms with E-state index in [1.165, 1.54) is 6.21 Å². The largest absolute Gasteiger partial charge is 0.359 e. The van der Waals surface area contributed by atoms with Gasteiger partial charge in [0.15, 0.2) is 6.29 Å². The smallest absolute Gasteiger partial charge is 0.200 e. The normalized spacial score (nSPS) is 30.2. The fourth-order valence-corrected chi connectivity index (χ4v) is 2.29. The zero-order chi connectivity index (χ0) is 14.8. The van der Waals surface area contributed by atoms with Gasteiger partial charge in [0.2, 0.25) is 0 Å². The van der Waals surface area contributed by atoms with Crippen LogP contribution in [0.1, 0.15) is 47.0 Å². The molecule has 114 valence electrons. The summed E-state index contributed by atoms with van der Waals surface area (Å²) in [5, 5.41) is 10.6. The highest BCUT2D eigenvalue weighted by Crippen LogP contribution is 2.40. The van der Waals surface area contributed by atoms with Crippen LogP contribution >= 0.6 is 0 Å². The molecule has 0 radical (unpaired) electrons. The first-order valence-corrected chi connectivity index (χ1v) is 7.30. The minimum atomic E-state index is -0.480. The van der Waals surface area contributed by atoms with Gasteiger partial charge in [-0.05, 0) is 53.0 Å². The molecule has 0 aromatic rings. The summed E-state index contributed by atoms with van der Waals surface area (Å²) >= 11 is 0. The summed E-state index contributed by atoms with van der Waals surface area (Å²) < 4.78 is 17.7. The van der Waals surface area contributed by atoms with Crippen molar-refractivity contribution in [3.63, 3.8) is 0 Å². The van der Waals surface area contributed by atoms with Crippen molar-refractivity contribution >= 4 is 6.21 Å². The lowest BCUT2D eigenvalue weighted by molar-refractivity contribution is -0.0737. The molecule has 0 aromatic carbocycles. The van der Waals surface area contributed by atoms with Crippen molar-refractivity contribution < 1.29 is 14.2 Å². The van der Waals surface area contributed by atoms with Crippen LogP contribution in [-0.4, -0.2) is 36.5 Å².